The maximum absolute atomic E-state index is 12.0. The molecule has 1 N–H and O–H groups in total. The van der Waals surface area contributed by atoms with Crippen LogP contribution in [0.15, 0.2) is 18.2 Å². The first kappa shape index (κ1) is 11.2. The third-order valence-electron chi connectivity index (χ3n) is 3.39. The molecular formula is C14H19NO. The smallest absolute Gasteiger partial charge is 0.165 e. The van der Waals surface area contributed by atoms with Crippen molar-refractivity contribution in [1.29, 1.82) is 0 Å². The summed E-state index contributed by atoms with van der Waals surface area (Å²) in [5.74, 6) is 0.408. The Labute approximate surface area is 97.1 Å². The molecule has 0 saturated carbocycles. The third kappa shape index (κ3) is 2.11. The van der Waals surface area contributed by atoms with Crippen molar-refractivity contribution in [3.8, 4) is 0 Å². The standard InChI is InChI=1S/C14H19NO/c1-3-10(2)14(16)12-6-7-13-11(9-12)5-4-8-15-13/h6-7,9-10,15H,3-5,8H2,1-2H3. The van der Waals surface area contributed by atoms with Gasteiger partial charge in [0.1, 0.15) is 0 Å². The van der Waals surface area contributed by atoms with Gasteiger partial charge in [0, 0.05) is 23.7 Å². The molecule has 1 atom stereocenters. The lowest BCUT2D eigenvalue weighted by molar-refractivity contribution is 0.0927. The summed E-state index contributed by atoms with van der Waals surface area (Å²) in [6.07, 6.45) is 3.16. The molecule has 0 aromatic heterocycles. The molecule has 16 heavy (non-hydrogen) atoms. The molecule has 0 fully saturated rings. The molecule has 2 nitrogen and oxygen atoms in total. The Kier molecular flexibility index (Phi) is 3.28. The first-order valence-electron chi connectivity index (χ1n) is 6.13. The van der Waals surface area contributed by atoms with E-state index in [-0.39, 0.29) is 11.7 Å². The minimum atomic E-state index is 0.134. The second-order valence-corrected chi connectivity index (χ2v) is 4.58. The minimum Gasteiger partial charge on any atom is -0.385 e. The van der Waals surface area contributed by atoms with Crippen LogP contribution in [-0.4, -0.2) is 12.3 Å². The van der Waals surface area contributed by atoms with E-state index in [9.17, 15) is 4.79 Å². The van der Waals surface area contributed by atoms with Crippen molar-refractivity contribution in [3.63, 3.8) is 0 Å². The molecule has 0 bridgehead atoms. The second-order valence-electron chi connectivity index (χ2n) is 4.58. The number of benzene rings is 1. The van der Waals surface area contributed by atoms with E-state index in [0.29, 0.717) is 0 Å². The Morgan fingerprint density at radius 3 is 3.06 bits per heavy atom. The molecule has 0 radical (unpaired) electrons. The van der Waals surface area contributed by atoms with Crippen LogP contribution in [0.5, 0.6) is 0 Å². The van der Waals surface area contributed by atoms with Gasteiger partial charge in [-0.3, -0.25) is 4.79 Å². The molecule has 1 unspecified atom stereocenters. The molecule has 1 heterocycles. The Bertz CT molecular complexity index is 398. The summed E-state index contributed by atoms with van der Waals surface area (Å²) in [5, 5.41) is 3.36. The van der Waals surface area contributed by atoms with Gasteiger partial charge in [-0.1, -0.05) is 13.8 Å². The average Bonchev–Trinajstić information content (AvgIpc) is 2.36. The van der Waals surface area contributed by atoms with Gasteiger partial charge in [-0.2, -0.15) is 0 Å². The predicted molar refractivity (Wildman–Crippen MR) is 67.0 cm³/mol. The summed E-state index contributed by atoms with van der Waals surface area (Å²) in [4.78, 5) is 12.0. The van der Waals surface area contributed by atoms with Gasteiger partial charge in [-0.15, -0.1) is 0 Å². The lowest BCUT2D eigenvalue weighted by Crippen LogP contribution is -2.14. The van der Waals surface area contributed by atoms with Gasteiger partial charge in [0.25, 0.3) is 0 Å². The van der Waals surface area contributed by atoms with Crippen molar-refractivity contribution in [3.05, 3.63) is 29.3 Å². The quantitative estimate of drug-likeness (QED) is 0.787. The van der Waals surface area contributed by atoms with Crippen LogP contribution in [0, 0.1) is 5.92 Å². The third-order valence-corrected chi connectivity index (χ3v) is 3.39. The maximum atomic E-state index is 12.0. The number of anilines is 1. The van der Waals surface area contributed by atoms with Crippen molar-refractivity contribution >= 4 is 11.5 Å². The van der Waals surface area contributed by atoms with E-state index in [1.165, 1.54) is 11.3 Å². The number of nitrogens with one attached hydrogen (secondary N) is 1. The van der Waals surface area contributed by atoms with Crippen LogP contribution >= 0.6 is 0 Å². The van der Waals surface area contributed by atoms with Crippen LogP contribution in [-0.2, 0) is 6.42 Å². The number of hydrogen-bond donors (Lipinski definition) is 1. The molecule has 1 aromatic carbocycles. The van der Waals surface area contributed by atoms with E-state index in [0.717, 1.165) is 31.4 Å². The van der Waals surface area contributed by atoms with Crippen molar-refractivity contribution in [1.82, 2.24) is 0 Å². The first-order chi connectivity index (χ1) is 7.72. The number of ketones is 1. The Morgan fingerprint density at radius 2 is 2.31 bits per heavy atom. The molecule has 1 aromatic rings. The SMILES string of the molecule is CCC(C)C(=O)c1ccc2c(c1)CCCN2. The number of aryl methyl sites for hydroxylation is 1. The van der Waals surface area contributed by atoms with Crippen molar-refractivity contribution < 1.29 is 4.79 Å². The van der Waals surface area contributed by atoms with Crippen LogP contribution in [0.1, 0.15) is 42.6 Å². The van der Waals surface area contributed by atoms with Crippen LogP contribution < -0.4 is 5.32 Å². The number of hydrogen-bond acceptors (Lipinski definition) is 2. The van der Waals surface area contributed by atoms with Crippen LogP contribution in [0.25, 0.3) is 0 Å². The van der Waals surface area contributed by atoms with Gasteiger partial charge < -0.3 is 5.32 Å². The molecule has 86 valence electrons. The number of carbonyl (C=O) groups is 1. The van der Waals surface area contributed by atoms with Crippen molar-refractivity contribution in [2.75, 3.05) is 11.9 Å². The van der Waals surface area contributed by atoms with Crippen LogP contribution in [0.3, 0.4) is 0 Å². The number of rotatable bonds is 3. The lowest BCUT2D eigenvalue weighted by Gasteiger charge is -2.19. The molecular weight excluding hydrogens is 198 g/mol. The topological polar surface area (TPSA) is 29.1 Å². The highest BCUT2D eigenvalue weighted by molar-refractivity contribution is 5.98. The highest BCUT2D eigenvalue weighted by atomic mass is 16.1. The summed E-state index contributed by atoms with van der Waals surface area (Å²) in [6.45, 7) is 5.11. The zero-order valence-corrected chi connectivity index (χ0v) is 10.0. The summed E-state index contributed by atoms with van der Waals surface area (Å²) >= 11 is 0. The molecule has 0 saturated heterocycles. The van der Waals surface area contributed by atoms with E-state index < -0.39 is 0 Å². The van der Waals surface area contributed by atoms with Crippen LogP contribution in [0.2, 0.25) is 0 Å². The fraction of sp³-hybridized carbons (Fsp3) is 0.500. The average molecular weight is 217 g/mol. The largest absolute Gasteiger partial charge is 0.385 e. The van der Waals surface area contributed by atoms with Gasteiger partial charge in [0.05, 0.1) is 0 Å². The molecule has 0 spiro atoms. The highest BCUT2D eigenvalue weighted by Gasteiger charge is 2.16. The van der Waals surface area contributed by atoms with Crippen molar-refractivity contribution in [2.24, 2.45) is 5.92 Å². The molecule has 1 aliphatic heterocycles. The lowest BCUT2D eigenvalue weighted by atomic mass is 9.93. The van der Waals surface area contributed by atoms with Crippen molar-refractivity contribution in [2.45, 2.75) is 33.1 Å². The minimum absolute atomic E-state index is 0.134. The van der Waals surface area contributed by atoms with E-state index in [1.807, 2.05) is 19.1 Å². The summed E-state index contributed by atoms with van der Waals surface area (Å²) in [6, 6.07) is 6.06. The number of carbonyl (C=O) groups excluding carboxylic acids is 1. The van der Waals surface area contributed by atoms with Crippen LogP contribution in [0.4, 0.5) is 5.69 Å². The Balaban J connectivity index is 2.26. The van der Waals surface area contributed by atoms with Gasteiger partial charge >= 0.3 is 0 Å². The predicted octanol–water partition coefficient (Wildman–Crippen LogP) is 3.27. The monoisotopic (exact) mass is 217 g/mol. The normalized spacial score (nSPS) is 16.1. The first-order valence-corrected chi connectivity index (χ1v) is 6.13. The number of fused-ring (bicyclic) bond motifs is 1. The van der Waals surface area contributed by atoms with Gasteiger partial charge in [0.2, 0.25) is 0 Å². The molecule has 2 heteroatoms. The van der Waals surface area contributed by atoms with E-state index in [4.69, 9.17) is 0 Å². The summed E-state index contributed by atoms with van der Waals surface area (Å²) in [5.41, 5.74) is 3.36. The molecule has 1 aliphatic rings. The zero-order chi connectivity index (χ0) is 11.5. The van der Waals surface area contributed by atoms with E-state index in [1.54, 1.807) is 0 Å². The van der Waals surface area contributed by atoms with Gasteiger partial charge in [-0.25, -0.2) is 0 Å². The summed E-state index contributed by atoms with van der Waals surface area (Å²) < 4.78 is 0. The Morgan fingerprint density at radius 1 is 1.50 bits per heavy atom. The van der Waals surface area contributed by atoms with E-state index in [2.05, 4.69) is 18.3 Å². The Hall–Kier alpha value is -1.31. The highest BCUT2D eigenvalue weighted by Crippen LogP contribution is 2.24. The fourth-order valence-corrected chi connectivity index (χ4v) is 2.10. The second kappa shape index (κ2) is 4.69. The van der Waals surface area contributed by atoms with Gasteiger partial charge in [-0.05, 0) is 43.0 Å². The maximum Gasteiger partial charge on any atom is 0.165 e. The molecule has 2 rings (SSSR count). The fourth-order valence-electron chi connectivity index (χ4n) is 2.10. The molecule has 0 amide bonds. The van der Waals surface area contributed by atoms with Gasteiger partial charge in [0.15, 0.2) is 5.78 Å². The zero-order valence-electron chi connectivity index (χ0n) is 10.0. The van der Waals surface area contributed by atoms with E-state index >= 15 is 0 Å². The summed E-state index contributed by atoms with van der Waals surface area (Å²) in [7, 11) is 0. The molecule has 0 aliphatic carbocycles. The number of Topliss-reactive ketones (excluding diaryl/α,β-unsaturated/α-hetero) is 1.